The molecule has 0 radical (unpaired) electrons. The Balaban J connectivity index is 2.14. The van der Waals surface area contributed by atoms with E-state index in [1.807, 2.05) is 13.8 Å². The number of nitrogens with two attached hydrogens (primary N) is 2. The molecule has 1 aliphatic rings. The first-order valence-corrected chi connectivity index (χ1v) is 12.6. The SMILES string of the molecule is CC(=[NH2+])/C(Cc1sc2c(c1-c1ccc(F)c(CO)c1)c(=O)n(C1CC1)c(=O)n2CC(C)C)=C(/C)N. The van der Waals surface area contributed by atoms with Gasteiger partial charge in [-0.1, -0.05) is 19.9 Å². The summed E-state index contributed by atoms with van der Waals surface area (Å²) in [6.45, 7) is 7.60. The van der Waals surface area contributed by atoms with Crippen LogP contribution in [0.3, 0.4) is 0 Å². The van der Waals surface area contributed by atoms with E-state index >= 15 is 0 Å². The van der Waals surface area contributed by atoms with Gasteiger partial charge in [0.2, 0.25) is 0 Å². The number of aliphatic hydroxyl groups excluding tert-OH is 1. The number of aliphatic hydroxyl groups is 1. The Labute approximate surface area is 206 Å². The second-order valence-electron chi connectivity index (χ2n) is 9.76. The first-order valence-electron chi connectivity index (χ1n) is 11.8. The van der Waals surface area contributed by atoms with Crippen LogP contribution in [0.25, 0.3) is 21.3 Å². The molecule has 0 bridgehead atoms. The molecule has 1 saturated carbocycles. The van der Waals surface area contributed by atoms with Crippen LogP contribution in [0.15, 0.2) is 39.1 Å². The zero-order valence-corrected chi connectivity index (χ0v) is 21.3. The number of allylic oxidation sites excluding steroid dienone is 2. The maximum Gasteiger partial charge on any atom is 0.332 e. The van der Waals surface area contributed by atoms with Gasteiger partial charge in [-0.2, -0.15) is 0 Å². The molecule has 7 nitrogen and oxygen atoms in total. The maximum absolute atomic E-state index is 14.3. The molecule has 0 spiro atoms. The van der Waals surface area contributed by atoms with E-state index in [1.54, 1.807) is 30.5 Å². The standard InChI is InChI=1S/C26H31FN4O3S/c1-13(2)11-30-25-23(24(33)31(26(30)34)18-6-7-18)22(16-5-8-20(27)17(9-16)12-32)21(35-25)10-19(14(3)28)15(4)29/h5,8-9,13,18,28,32H,6-7,10-12,29H2,1-4H3/p+1/b19-15-,28-14?. The molecule has 1 aliphatic carbocycles. The maximum atomic E-state index is 14.3. The summed E-state index contributed by atoms with van der Waals surface area (Å²) in [5.74, 6) is -0.336. The number of benzene rings is 1. The lowest BCUT2D eigenvalue weighted by Gasteiger charge is -2.14. The normalized spacial score (nSPS) is 14.6. The number of hydrogen-bond acceptors (Lipinski definition) is 5. The monoisotopic (exact) mass is 499 g/mol. The molecule has 0 saturated heterocycles. The zero-order chi connectivity index (χ0) is 25.6. The number of nitrogens with zero attached hydrogens (tertiary/aromatic N) is 2. The first kappa shape index (κ1) is 25.1. The van der Waals surface area contributed by atoms with Gasteiger partial charge in [0.25, 0.3) is 5.56 Å². The summed E-state index contributed by atoms with van der Waals surface area (Å²) in [6.07, 6.45) is 1.95. The second-order valence-corrected chi connectivity index (χ2v) is 10.8. The van der Waals surface area contributed by atoms with Crippen molar-refractivity contribution in [2.75, 3.05) is 0 Å². The van der Waals surface area contributed by atoms with E-state index in [0.717, 1.165) is 23.3 Å². The van der Waals surface area contributed by atoms with E-state index in [-0.39, 0.29) is 28.8 Å². The highest BCUT2D eigenvalue weighted by molar-refractivity contribution is 7.19. The predicted molar refractivity (Wildman–Crippen MR) is 138 cm³/mol. The van der Waals surface area contributed by atoms with Gasteiger partial charge >= 0.3 is 5.69 Å². The number of hydrogen-bond donors (Lipinski definition) is 3. The van der Waals surface area contributed by atoms with Gasteiger partial charge in [-0.25, -0.2) is 9.18 Å². The number of aromatic nitrogens is 2. The molecule has 35 heavy (non-hydrogen) atoms. The lowest BCUT2D eigenvalue weighted by Crippen LogP contribution is -2.40. The Morgan fingerprint density at radius 1 is 1.29 bits per heavy atom. The molecule has 2 aromatic heterocycles. The fraction of sp³-hybridized carbons (Fsp3) is 0.423. The van der Waals surface area contributed by atoms with E-state index in [9.17, 15) is 19.1 Å². The van der Waals surface area contributed by atoms with Crippen molar-refractivity contribution in [3.8, 4) is 11.1 Å². The Kier molecular flexibility index (Phi) is 6.83. The molecule has 0 atom stereocenters. The van der Waals surface area contributed by atoms with Crippen molar-refractivity contribution in [3.05, 3.63) is 66.6 Å². The minimum absolute atomic E-state index is 0.100. The molecule has 186 valence electrons. The van der Waals surface area contributed by atoms with E-state index in [1.165, 1.54) is 22.0 Å². The Hall–Kier alpha value is -3.04. The fourth-order valence-corrected chi connectivity index (χ4v) is 5.82. The molecular formula is C26H32FN4O3S+. The summed E-state index contributed by atoms with van der Waals surface area (Å²) in [4.78, 5) is 28.7. The van der Waals surface area contributed by atoms with Crippen LogP contribution in [0.5, 0.6) is 0 Å². The Morgan fingerprint density at radius 2 is 1.97 bits per heavy atom. The van der Waals surface area contributed by atoms with Crippen molar-refractivity contribution < 1.29 is 14.9 Å². The third-order valence-electron chi connectivity index (χ3n) is 6.33. The van der Waals surface area contributed by atoms with Gasteiger partial charge in [0.05, 0.1) is 12.0 Å². The molecule has 0 aliphatic heterocycles. The Bertz CT molecular complexity index is 1470. The molecule has 3 aromatic rings. The highest BCUT2D eigenvalue weighted by Gasteiger charge is 2.32. The quantitative estimate of drug-likeness (QED) is 0.413. The molecule has 0 amide bonds. The molecular weight excluding hydrogens is 467 g/mol. The molecule has 0 unspecified atom stereocenters. The van der Waals surface area contributed by atoms with Crippen molar-refractivity contribution in [1.29, 1.82) is 0 Å². The second kappa shape index (κ2) is 9.54. The molecule has 9 heteroatoms. The number of rotatable bonds is 8. The zero-order valence-electron chi connectivity index (χ0n) is 20.5. The predicted octanol–water partition coefficient (Wildman–Crippen LogP) is 2.51. The topological polar surface area (TPSA) is 116 Å². The molecule has 5 N–H and O–H groups in total. The van der Waals surface area contributed by atoms with Gasteiger partial charge in [0.15, 0.2) is 5.71 Å². The van der Waals surface area contributed by atoms with Gasteiger partial charge in [-0.3, -0.25) is 19.3 Å². The van der Waals surface area contributed by atoms with Crippen molar-refractivity contribution in [3.63, 3.8) is 0 Å². The van der Waals surface area contributed by atoms with Crippen LogP contribution in [0.1, 0.15) is 57.0 Å². The average Bonchev–Trinajstić information content (AvgIpc) is 3.54. The van der Waals surface area contributed by atoms with E-state index in [4.69, 9.17) is 11.1 Å². The van der Waals surface area contributed by atoms with Crippen molar-refractivity contribution in [2.24, 2.45) is 11.7 Å². The van der Waals surface area contributed by atoms with E-state index in [0.29, 0.717) is 45.7 Å². The van der Waals surface area contributed by atoms with Crippen LogP contribution in [-0.2, 0) is 19.6 Å². The average molecular weight is 500 g/mol. The summed E-state index contributed by atoms with van der Waals surface area (Å²) in [6, 6.07) is 4.37. The van der Waals surface area contributed by atoms with Gasteiger partial charge in [-0.15, -0.1) is 11.3 Å². The third-order valence-corrected chi connectivity index (χ3v) is 7.54. The highest BCUT2D eigenvalue weighted by Crippen LogP contribution is 2.40. The molecule has 2 heterocycles. The van der Waals surface area contributed by atoms with Gasteiger partial charge in [-0.05, 0) is 43.4 Å². The third kappa shape index (κ3) is 4.62. The summed E-state index contributed by atoms with van der Waals surface area (Å²) >= 11 is 1.37. The minimum Gasteiger partial charge on any atom is -0.402 e. The number of halogens is 1. The van der Waals surface area contributed by atoms with Crippen molar-refractivity contribution >= 4 is 27.3 Å². The Morgan fingerprint density at radius 3 is 2.51 bits per heavy atom. The fourth-order valence-electron chi connectivity index (χ4n) is 4.49. The smallest absolute Gasteiger partial charge is 0.332 e. The largest absolute Gasteiger partial charge is 0.402 e. The van der Waals surface area contributed by atoms with Gasteiger partial charge in [0.1, 0.15) is 10.6 Å². The van der Waals surface area contributed by atoms with Gasteiger partial charge < -0.3 is 10.8 Å². The highest BCUT2D eigenvalue weighted by atomic mass is 32.1. The van der Waals surface area contributed by atoms with E-state index in [2.05, 4.69) is 0 Å². The summed E-state index contributed by atoms with van der Waals surface area (Å²) < 4.78 is 17.3. The van der Waals surface area contributed by atoms with Crippen LogP contribution in [0.4, 0.5) is 4.39 Å². The molecule has 4 rings (SSSR count). The lowest BCUT2D eigenvalue weighted by molar-refractivity contribution is -0.113. The van der Waals surface area contributed by atoms with Crippen molar-refractivity contribution in [2.45, 2.75) is 66.2 Å². The van der Waals surface area contributed by atoms with Gasteiger partial charge in [0, 0.05) is 53.2 Å². The van der Waals surface area contributed by atoms with Crippen LogP contribution in [-0.4, -0.2) is 20.0 Å². The lowest BCUT2D eigenvalue weighted by atomic mass is 9.96. The summed E-state index contributed by atoms with van der Waals surface area (Å²) in [5, 5.41) is 16.3. The van der Waals surface area contributed by atoms with Crippen LogP contribution < -0.4 is 22.4 Å². The van der Waals surface area contributed by atoms with Crippen LogP contribution in [0.2, 0.25) is 0 Å². The summed E-state index contributed by atoms with van der Waals surface area (Å²) in [7, 11) is 0. The summed E-state index contributed by atoms with van der Waals surface area (Å²) in [5.41, 5.74) is 8.78. The number of thiophene rings is 1. The van der Waals surface area contributed by atoms with Crippen LogP contribution in [0, 0.1) is 11.7 Å². The number of fused-ring (bicyclic) bond motifs is 1. The molecule has 1 fully saturated rings. The molecule has 1 aromatic carbocycles. The minimum atomic E-state index is -0.519. The van der Waals surface area contributed by atoms with Crippen LogP contribution >= 0.6 is 11.3 Å². The first-order chi connectivity index (χ1) is 16.5. The van der Waals surface area contributed by atoms with Crippen molar-refractivity contribution in [1.82, 2.24) is 9.13 Å². The van der Waals surface area contributed by atoms with E-state index < -0.39 is 12.4 Å².